The second-order valence-electron chi connectivity index (χ2n) is 7.90. The first-order valence-corrected chi connectivity index (χ1v) is 11.9. The highest BCUT2D eigenvalue weighted by molar-refractivity contribution is 7.10. The van der Waals surface area contributed by atoms with Crippen LogP contribution in [0.25, 0.3) is 22.4 Å². The number of fused-ring (bicyclic) bond motifs is 1. The van der Waals surface area contributed by atoms with Gasteiger partial charge in [-0.1, -0.05) is 6.07 Å². The van der Waals surface area contributed by atoms with E-state index in [-0.39, 0.29) is 24.5 Å². The standard InChI is InChI=1S/C25H27N5O3S/c1-5-30-23-19(25(32)29(3)16(2)21-9-7-11-34-21)12-18(27-22(31)15-33-4)13-20(23)28-24(30)17-8-6-10-26-14-17/h6-14,16H,5,15H2,1-4H3,(H,27,31). The number of aromatic nitrogens is 3. The molecule has 34 heavy (non-hydrogen) atoms. The molecular weight excluding hydrogens is 450 g/mol. The number of aryl methyl sites for hydroxylation is 1. The molecule has 0 radical (unpaired) electrons. The Bertz CT molecular complexity index is 1300. The number of nitrogens with one attached hydrogen (secondary N) is 1. The first-order chi connectivity index (χ1) is 16.4. The molecule has 2 amide bonds. The van der Waals surface area contributed by atoms with Crippen LogP contribution in [0.1, 0.15) is 35.1 Å². The molecule has 4 rings (SSSR count). The Morgan fingerprint density at radius 3 is 2.74 bits per heavy atom. The average Bonchev–Trinajstić information content (AvgIpc) is 3.51. The Morgan fingerprint density at radius 2 is 2.09 bits per heavy atom. The Kier molecular flexibility index (Phi) is 7.04. The number of imidazole rings is 1. The van der Waals surface area contributed by atoms with Crippen LogP contribution < -0.4 is 5.32 Å². The molecule has 0 aliphatic carbocycles. The number of benzene rings is 1. The smallest absolute Gasteiger partial charge is 0.256 e. The number of carbonyl (C=O) groups excluding carboxylic acids is 2. The molecule has 1 unspecified atom stereocenters. The van der Waals surface area contributed by atoms with Crippen LogP contribution in [0.3, 0.4) is 0 Å². The molecule has 0 aliphatic heterocycles. The van der Waals surface area contributed by atoms with Crippen molar-refractivity contribution in [2.45, 2.75) is 26.4 Å². The molecule has 3 heterocycles. The fourth-order valence-electron chi connectivity index (χ4n) is 3.94. The molecule has 3 aromatic heterocycles. The Hall–Kier alpha value is -3.56. The van der Waals surface area contributed by atoms with Crippen molar-refractivity contribution in [3.05, 3.63) is 64.6 Å². The summed E-state index contributed by atoms with van der Waals surface area (Å²) in [4.78, 5) is 37.9. The summed E-state index contributed by atoms with van der Waals surface area (Å²) in [6, 6.07) is 11.2. The number of carbonyl (C=O) groups is 2. The van der Waals surface area contributed by atoms with E-state index >= 15 is 0 Å². The zero-order valence-electron chi connectivity index (χ0n) is 19.6. The van der Waals surface area contributed by atoms with Gasteiger partial charge in [0.05, 0.1) is 22.6 Å². The zero-order valence-corrected chi connectivity index (χ0v) is 20.4. The van der Waals surface area contributed by atoms with Crippen LogP contribution in [0.5, 0.6) is 0 Å². The van der Waals surface area contributed by atoms with E-state index in [0.29, 0.717) is 29.1 Å². The van der Waals surface area contributed by atoms with Crippen molar-refractivity contribution >= 4 is 39.9 Å². The van der Waals surface area contributed by atoms with Crippen LogP contribution in [-0.2, 0) is 16.1 Å². The number of hydrogen-bond donors (Lipinski definition) is 1. The average molecular weight is 478 g/mol. The summed E-state index contributed by atoms with van der Waals surface area (Å²) in [6.45, 7) is 4.55. The van der Waals surface area contributed by atoms with Crippen molar-refractivity contribution in [2.75, 3.05) is 26.1 Å². The van der Waals surface area contributed by atoms with E-state index in [9.17, 15) is 9.59 Å². The van der Waals surface area contributed by atoms with Crippen molar-refractivity contribution in [3.63, 3.8) is 0 Å². The van der Waals surface area contributed by atoms with Gasteiger partial charge in [0.25, 0.3) is 5.91 Å². The Morgan fingerprint density at radius 1 is 1.26 bits per heavy atom. The van der Waals surface area contributed by atoms with E-state index in [1.165, 1.54) is 7.11 Å². The zero-order chi connectivity index (χ0) is 24.2. The van der Waals surface area contributed by atoms with Crippen LogP contribution in [0.4, 0.5) is 5.69 Å². The summed E-state index contributed by atoms with van der Waals surface area (Å²) in [5.41, 5.74) is 3.16. The van der Waals surface area contributed by atoms with Gasteiger partial charge in [-0.15, -0.1) is 11.3 Å². The van der Waals surface area contributed by atoms with Gasteiger partial charge in [-0.05, 0) is 49.6 Å². The first-order valence-electron chi connectivity index (χ1n) is 11.0. The lowest BCUT2D eigenvalue weighted by Gasteiger charge is -2.25. The molecule has 9 heteroatoms. The van der Waals surface area contributed by atoms with Crippen molar-refractivity contribution in [1.82, 2.24) is 19.4 Å². The van der Waals surface area contributed by atoms with Gasteiger partial charge in [-0.3, -0.25) is 14.6 Å². The Balaban J connectivity index is 1.87. The van der Waals surface area contributed by atoms with E-state index in [4.69, 9.17) is 9.72 Å². The van der Waals surface area contributed by atoms with Gasteiger partial charge in [-0.2, -0.15) is 0 Å². The quantitative estimate of drug-likeness (QED) is 0.401. The van der Waals surface area contributed by atoms with E-state index in [2.05, 4.69) is 10.3 Å². The van der Waals surface area contributed by atoms with Gasteiger partial charge in [0.1, 0.15) is 12.4 Å². The van der Waals surface area contributed by atoms with Crippen LogP contribution in [-0.4, -0.2) is 52.0 Å². The minimum Gasteiger partial charge on any atom is -0.375 e. The molecular formula is C25H27N5O3S. The van der Waals surface area contributed by atoms with Gasteiger partial charge >= 0.3 is 0 Å². The van der Waals surface area contributed by atoms with Crippen molar-refractivity contribution in [3.8, 4) is 11.4 Å². The van der Waals surface area contributed by atoms with Crippen LogP contribution in [0.2, 0.25) is 0 Å². The number of nitrogens with zero attached hydrogens (tertiary/aromatic N) is 4. The molecule has 4 aromatic rings. The number of rotatable bonds is 8. The number of anilines is 1. The van der Waals surface area contributed by atoms with E-state index in [1.54, 1.807) is 47.8 Å². The lowest BCUT2D eigenvalue weighted by molar-refractivity contribution is -0.119. The number of thiophene rings is 1. The molecule has 0 bridgehead atoms. The molecule has 176 valence electrons. The second kappa shape index (κ2) is 10.1. The highest BCUT2D eigenvalue weighted by Crippen LogP contribution is 2.32. The molecule has 0 saturated heterocycles. The molecule has 0 spiro atoms. The molecule has 8 nitrogen and oxygen atoms in total. The van der Waals surface area contributed by atoms with Gasteiger partial charge in [-0.25, -0.2) is 4.98 Å². The summed E-state index contributed by atoms with van der Waals surface area (Å²) in [5, 5.41) is 4.82. The Labute approximate surface area is 202 Å². The molecule has 1 atom stereocenters. The maximum atomic E-state index is 13.8. The molecule has 0 aliphatic rings. The van der Waals surface area contributed by atoms with Gasteiger partial charge in [0.2, 0.25) is 5.91 Å². The summed E-state index contributed by atoms with van der Waals surface area (Å²) >= 11 is 1.61. The minimum absolute atomic E-state index is 0.0824. The normalized spacial score (nSPS) is 12.0. The molecule has 1 aromatic carbocycles. The number of pyridine rings is 1. The number of hydrogen-bond acceptors (Lipinski definition) is 6. The first kappa shape index (κ1) is 23.6. The minimum atomic E-state index is -0.303. The van der Waals surface area contributed by atoms with Crippen LogP contribution in [0, 0.1) is 0 Å². The summed E-state index contributed by atoms with van der Waals surface area (Å²) in [5.74, 6) is 0.262. The predicted molar refractivity (Wildman–Crippen MR) is 134 cm³/mol. The highest BCUT2D eigenvalue weighted by Gasteiger charge is 2.25. The van der Waals surface area contributed by atoms with E-state index in [0.717, 1.165) is 16.0 Å². The third kappa shape index (κ3) is 4.57. The third-order valence-corrected chi connectivity index (χ3v) is 6.77. The third-order valence-electron chi connectivity index (χ3n) is 5.72. The topological polar surface area (TPSA) is 89.4 Å². The van der Waals surface area contributed by atoms with Crippen LogP contribution in [0.15, 0.2) is 54.2 Å². The number of ether oxygens (including phenoxy) is 1. The SMILES string of the molecule is CCn1c(-c2cccnc2)nc2cc(NC(=O)COC)cc(C(=O)N(C)C(C)c3cccs3)c21. The van der Waals surface area contributed by atoms with Crippen molar-refractivity contribution in [2.24, 2.45) is 0 Å². The molecule has 1 N–H and O–H groups in total. The fraction of sp³-hybridized carbons (Fsp3) is 0.280. The highest BCUT2D eigenvalue weighted by atomic mass is 32.1. The second-order valence-corrected chi connectivity index (χ2v) is 8.88. The van der Waals surface area contributed by atoms with Gasteiger partial charge in [0, 0.05) is 49.2 Å². The van der Waals surface area contributed by atoms with Gasteiger partial charge < -0.3 is 19.5 Å². The molecule has 0 fully saturated rings. The van der Waals surface area contributed by atoms with Gasteiger partial charge in [0.15, 0.2) is 0 Å². The number of methoxy groups -OCH3 is 1. The van der Waals surface area contributed by atoms with Crippen LogP contribution >= 0.6 is 11.3 Å². The molecule has 0 saturated carbocycles. The largest absolute Gasteiger partial charge is 0.375 e. The maximum absolute atomic E-state index is 13.8. The predicted octanol–water partition coefficient (Wildman–Crippen LogP) is 4.60. The van der Waals surface area contributed by atoms with E-state index < -0.39 is 0 Å². The van der Waals surface area contributed by atoms with Crippen molar-refractivity contribution in [1.29, 1.82) is 0 Å². The van der Waals surface area contributed by atoms with E-state index in [1.807, 2.05) is 48.1 Å². The monoisotopic (exact) mass is 477 g/mol. The summed E-state index contributed by atoms with van der Waals surface area (Å²) in [6.07, 6.45) is 3.46. The summed E-state index contributed by atoms with van der Waals surface area (Å²) < 4.78 is 6.96. The fourth-order valence-corrected chi connectivity index (χ4v) is 4.77. The maximum Gasteiger partial charge on any atom is 0.256 e. The van der Waals surface area contributed by atoms with Crippen molar-refractivity contribution < 1.29 is 14.3 Å². The lowest BCUT2D eigenvalue weighted by atomic mass is 10.1. The lowest BCUT2D eigenvalue weighted by Crippen LogP contribution is -2.30. The number of amides is 2. The summed E-state index contributed by atoms with van der Waals surface area (Å²) in [7, 11) is 3.26.